The quantitative estimate of drug-likeness (QED) is 0.893. The predicted molar refractivity (Wildman–Crippen MR) is 75.2 cm³/mol. The van der Waals surface area contributed by atoms with E-state index in [4.69, 9.17) is 11.6 Å². The first-order chi connectivity index (χ1) is 9.15. The van der Waals surface area contributed by atoms with E-state index in [2.05, 4.69) is 17.1 Å². The van der Waals surface area contributed by atoms with Crippen molar-refractivity contribution in [2.24, 2.45) is 0 Å². The van der Waals surface area contributed by atoms with Crippen molar-refractivity contribution in [3.05, 3.63) is 28.5 Å². The van der Waals surface area contributed by atoms with Gasteiger partial charge in [0.25, 0.3) is 0 Å². The number of aromatic hydroxyl groups is 1. The lowest BCUT2D eigenvalue weighted by Gasteiger charge is -2.35. The second-order valence-electron chi connectivity index (χ2n) is 4.89. The molecule has 1 aromatic carbocycles. The summed E-state index contributed by atoms with van der Waals surface area (Å²) in [7, 11) is 0. The molecule has 1 aromatic rings. The molecule has 1 saturated heterocycles. The minimum atomic E-state index is -0.571. The number of phenols is 1. The van der Waals surface area contributed by atoms with Gasteiger partial charge in [0.05, 0.1) is 0 Å². The Hall–Kier alpha value is -0.840. The van der Waals surface area contributed by atoms with E-state index in [1.165, 1.54) is 6.07 Å². The standard InChI is InChI=1S/C14H20ClFN2O/c1-2-3-12(18-8-6-17-7-9-18)10-4-5-11(16)13(15)14(10)19/h4-5,12,17,19H,2-3,6-9H2,1H3/t12-/m0/s1. The molecular weight excluding hydrogens is 267 g/mol. The van der Waals surface area contributed by atoms with Crippen LogP contribution in [0, 0.1) is 5.82 Å². The van der Waals surface area contributed by atoms with Gasteiger partial charge >= 0.3 is 0 Å². The average molecular weight is 287 g/mol. The van der Waals surface area contributed by atoms with Gasteiger partial charge in [-0.05, 0) is 12.5 Å². The van der Waals surface area contributed by atoms with Crippen molar-refractivity contribution in [1.29, 1.82) is 0 Å². The van der Waals surface area contributed by atoms with Crippen molar-refractivity contribution in [1.82, 2.24) is 10.2 Å². The van der Waals surface area contributed by atoms with Gasteiger partial charge in [0.15, 0.2) is 0 Å². The minimum Gasteiger partial charge on any atom is -0.506 e. The van der Waals surface area contributed by atoms with Gasteiger partial charge in [-0.15, -0.1) is 0 Å². The lowest BCUT2D eigenvalue weighted by atomic mass is 9.98. The highest BCUT2D eigenvalue weighted by atomic mass is 35.5. The van der Waals surface area contributed by atoms with E-state index in [0.717, 1.165) is 44.6 Å². The molecule has 1 aliphatic rings. The lowest BCUT2D eigenvalue weighted by Crippen LogP contribution is -2.45. The van der Waals surface area contributed by atoms with E-state index >= 15 is 0 Å². The largest absolute Gasteiger partial charge is 0.506 e. The van der Waals surface area contributed by atoms with Gasteiger partial charge in [0.2, 0.25) is 0 Å². The fourth-order valence-electron chi connectivity index (χ4n) is 2.63. The second kappa shape index (κ2) is 6.55. The first kappa shape index (κ1) is 14.6. The van der Waals surface area contributed by atoms with Crippen LogP contribution < -0.4 is 5.32 Å². The Bertz CT molecular complexity index is 436. The summed E-state index contributed by atoms with van der Waals surface area (Å²) in [4.78, 5) is 2.32. The zero-order valence-corrected chi connectivity index (χ0v) is 11.9. The maximum Gasteiger partial charge on any atom is 0.145 e. The van der Waals surface area contributed by atoms with Gasteiger partial charge in [-0.3, -0.25) is 4.90 Å². The van der Waals surface area contributed by atoms with Crippen molar-refractivity contribution < 1.29 is 9.50 Å². The molecule has 0 radical (unpaired) electrons. The SMILES string of the molecule is CCC[C@@H](c1ccc(F)c(Cl)c1O)N1CCNCC1. The predicted octanol–water partition coefficient (Wildman–Crippen LogP) is 2.93. The molecule has 0 aliphatic carbocycles. The van der Waals surface area contributed by atoms with Gasteiger partial charge in [-0.1, -0.05) is 31.0 Å². The number of halogens is 2. The number of hydrogen-bond acceptors (Lipinski definition) is 3. The van der Waals surface area contributed by atoms with Crippen LogP contribution in [0.3, 0.4) is 0 Å². The number of piperazine rings is 1. The van der Waals surface area contributed by atoms with Gasteiger partial charge in [0, 0.05) is 37.8 Å². The number of phenolic OH excluding ortho intramolecular Hbond substituents is 1. The highest BCUT2D eigenvalue weighted by Gasteiger charge is 2.25. The van der Waals surface area contributed by atoms with Gasteiger partial charge in [-0.2, -0.15) is 0 Å². The van der Waals surface area contributed by atoms with Crippen molar-refractivity contribution in [2.75, 3.05) is 26.2 Å². The molecule has 5 heteroatoms. The highest BCUT2D eigenvalue weighted by molar-refractivity contribution is 6.32. The van der Waals surface area contributed by atoms with Gasteiger partial charge in [0.1, 0.15) is 16.6 Å². The molecule has 0 saturated carbocycles. The third-order valence-corrected chi connectivity index (χ3v) is 3.97. The van der Waals surface area contributed by atoms with E-state index in [1.807, 2.05) is 0 Å². The van der Waals surface area contributed by atoms with Crippen LogP contribution in [0.1, 0.15) is 31.4 Å². The summed E-state index contributed by atoms with van der Waals surface area (Å²) in [5.41, 5.74) is 0.732. The lowest BCUT2D eigenvalue weighted by molar-refractivity contribution is 0.162. The van der Waals surface area contributed by atoms with E-state index in [9.17, 15) is 9.50 Å². The number of hydrogen-bond donors (Lipinski definition) is 2. The van der Waals surface area contributed by atoms with Crippen LogP contribution in [0.15, 0.2) is 12.1 Å². The first-order valence-corrected chi connectivity index (χ1v) is 7.14. The van der Waals surface area contributed by atoms with Crippen molar-refractivity contribution >= 4 is 11.6 Å². The van der Waals surface area contributed by atoms with Crippen LogP contribution in [-0.4, -0.2) is 36.2 Å². The molecule has 0 aromatic heterocycles. The van der Waals surface area contributed by atoms with Crippen molar-refractivity contribution in [2.45, 2.75) is 25.8 Å². The molecule has 2 N–H and O–H groups in total. The molecule has 1 aliphatic heterocycles. The zero-order valence-electron chi connectivity index (χ0n) is 11.1. The van der Waals surface area contributed by atoms with E-state index in [1.54, 1.807) is 6.07 Å². The fourth-order valence-corrected chi connectivity index (χ4v) is 2.80. The monoisotopic (exact) mass is 286 g/mol. The summed E-state index contributed by atoms with van der Waals surface area (Å²) in [6.07, 6.45) is 1.93. The Kier molecular flexibility index (Phi) is 5.02. The Morgan fingerprint density at radius 1 is 1.42 bits per heavy atom. The maximum atomic E-state index is 13.3. The second-order valence-corrected chi connectivity index (χ2v) is 5.27. The molecule has 1 fully saturated rings. The normalized spacial score (nSPS) is 18.5. The molecule has 3 nitrogen and oxygen atoms in total. The van der Waals surface area contributed by atoms with Crippen LogP contribution in [0.2, 0.25) is 5.02 Å². The van der Waals surface area contributed by atoms with E-state index < -0.39 is 5.82 Å². The summed E-state index contributed by atoms with van der Waals surface area (Å²) in [5.74, 6) is -0.683. The fraction of sp³-hybridized carbons (Fsp3) is 0.571. The Balaban J connectivity index is 2.30. The van der Waals surface area contributed by atoms with Crippen LogP contribution in [0.5, 0.6) is 5.75 Å². The number of rotatable bonds is 4. The average Bonchev–Trinajstić information content (AvgIpc) is 2.44. The highest BCUT2D eigenvalue weighted by Crippen LogP contribution is 2.38. The molecule has 19 heavy (non-hydrogen) atoms. The van der Waals surface area contributed by atoms with Crippen LogP contribution in [-0.2, 0) is 0 Å². The van der Waals surface area contributed by atoms with Crippen molar-refractivity contribution in [3.63, 3.8) is 0 Å². The maximum absolute atomic E-state index is 13.3. The molecule has 0 unspecified atom stereocenters. The third-order valence-electron chi connectivity index (χ3n) is 3.61. The molecule has 106 valence electrons. The number of benzene rings is 1. The zero-order chi connectivity index (χ0) is 13.8. The molecule has 2 rings (SSSR count). The molecule has 0 spiro atoms. The van der Waals surface area contributed by atoms with Crippen molar-refractivity contribution in [3.8, 4) is 5.75 Å². The van der Waals surface area contributed by atoms with E-state index in [-0.39, 0.29) is 16.8 Å². The minimum absolute atomic E-state index is 0.102. The summed E-state index contributed by atoms with van der Waals surface area (Å²) in [6, 6.07) is 3.09. The Morgan fingerprint density at radius 2 is 2.11 bits per heavy atom. The molecule has 0 amide bonds. The van der Waals surface area contributed by atoms with Crippen LogP contribution >= 0.6 is 11.6 Å². The Morgan fingerprint density at radius 3 is 2.74 bits per heavy atom. The number of nitrogens with one attached hydrogen (secondary N) is 1. The van der Waals surface area contributed by atoms with Gasteiger partial charge in [-0.25, -0.2) is 4.39 Å². The Labute approximate surface area is 118 Å². The first-order valence-electron chi connectivity index (χ1n) is 6.76. The summed E-state index contributed by atoms with van der Waals surface area (Å²) in [5, 5.41) is 13.2. The molecule has 1 heterocycles. The smallest absolute Gasteiger partial charge is 0.145 e. The number of nitrogens with zero attached hydrogens (tertiary/aromatic N) is 1. The summed E-state index contributed by atoms with van der Waals surface area (Å²) in [6.45, 7) is 5.85. The molecule has 0 bridgehead atoms. The van der Waals surface area contributed by atoms with Crippen LogP contribution in [0.4, 0.5) is 4.39 Å². The van der Waals surface area contributed by atoms with Crippen LogP contribution in [0.25, 0.3) is 0 Å². The topological polar surface area (TPSA) is 35.5 Å². The molecular formula is C14H20ClFN2O. The third kappa shape index (κ3) is 3.19. The summed E-state index contributed by atoms with van der Waals surface area (Å²) >= 11 is 5.81. The summed E-state index contributed by atoms with van der Waals surface area (Å²) < 4.78 is 13.3. The van der Waals surface area contributed by atoms with E-state index in [0.29, 0.717) is 0 Å². The van der Waals surface area contributed by atoms with Gasteiger partial charge < -0.3 is 10.4 Å². The molecule has 1 atom stereocenters.